The lowest BCUT2D eigenvalue weighted by Crippen LogP contribution is -1.95. The summed E-state index contributed by atoms with van der Waals surface area (Å²) in [4.78, 5) is 10.7. The Kier molecular flexibility index (Phi) is 3.01. The average Bonchev–Trinajstić information content (AvgIpc) is 2.77. The van der Waals surface area contributed by atoms with Crippen LogP contribution in [0.3, 0.4) is 0 Å². The third-order valence-electron chi connectivity index (χ3n) is 2.26. The number of carboxylic acid groups (broad SMARTS) is 1. The van der Waals surface area contributed by atoms with Crippen LogP contribution in [0.5, 0.6) is 5.75 Å². The normalized spacial score (nSPS) is 10.2. The number of carbonyl (C=O) groups is 1. The fourth-order valence-electron chi connectivity index (χ4n) is 1.49. The number of ether oxygens (including phenoxy) is 1. The number of benzene rings is 1. The number of nitrogens with one attached hydrogen (secondary N) is 1. The molecule has 6 heteroatoms. The van der Waals surface area contributed by atoms with Crippen LogP contribution < -0.4 is 4.74 Å². The summed E-state index contributed by atoms with van der Waals surface area (Å²) in [5.74, 6) is -0.595. The maximum atomic E-state index is 10.7. The van der Waals surface area contributed by atoms with Crippen LogP contribution in [-0.2, 0) is 0 Å². The van der Waals surface area contributed by atoms with E-state index in [2.05, 4.69) is 10.2 Å². The second kappa shape index (κ2) is 4.47. The van der Waals surface area contributed by atoms with Gasteiger partial charge in [-0.15, -0.1) is 0 Å². The Balaban J connectivity index is 2.52. The number of hydrogen-bond donors (Lipinski definition) is 2. The molecule has 0 aliphatic carbocycles. The molecule has 0 bridgehead atoms. The van der Waals surface area contributed by atoms with Crippen LogP contribution in [0, 0.1) is 0 Å². The van der Waals surface area contributed by atoms with Crippen LogP contribution in [0.2, 0.25) is 5.02 Å². The van der Waals surface area contributed by atoms with E-state index >= 15 is 0 Å². The maximum absolute atomic E-state index is 10.7. The van der Waals surface area contributed by atoms with Gasteiger partial charge in [0.15, 0.2) is 0 Å². The molecule has 17 heavy (non-hydrogen) atoms. The van der Waals surface area contributed by atoms with Crippen LogP contribution in [0.25, 0.3) is 11.3 Å². The Labute approximate surface area is 102 Å². The summed E-state index contributed by atoms with van der Waals surface area (Å²) < 4.78 is 5.17. The number of nitrogens with zero attached hydrogens (tertiary/aromatic N) is 1. The van der Waals surface area contributed by atoms with E-state index in [1.807, 2.05) is 0 Å². The Hall–Kier alpha value is -2.01. The average molecular weight is 253 g/mol. The second-order valence-corrected chi connectivity index (χ2v) is 3.70. The number of carboxylic acids is 1. The predicted molar refractivity (Wildman–Crippen MR) is 62.5 cm³/mol. The first-order valence-corrected chi connectivity index (χ1v) is 5.13. The quantitative estimate of drug-likeness (QED) is 0.880. The molecule has 1 heterocycles. The Morgan fingerprint density at radius 2 is 2.29 bits per heavy atom. The lowest BCUT2D eigenvalue weighted by Gasteiger charge is -2.07. The van der Waals surface area contributed by atoms with Gasteiger partial charge in [-0.1, -0.05) is 17.7 Å². The van der Waals surface area contributed by atoms with Gasteiger partial charge in [-0.05, 0) is 18.2 Å². The van der Waals surface area contributed by atoms with Crippen molar-refractivity contribution < 1.29 is 14.6 Å². The Morgan fingerprint density at radius 1 is 1.53 bits per heavy atom. The third-order valence-corrected chi connectivity index (χ3v) is 2.55. The molecule has 2 rings (SSSR count). The minimum absolute atomic E-state index is 0.0158. The van der Waals surface area contributed by atoms with Crippen molar-refractivity contribution in [1.29, 1.82) is 0 Å². The summed E-state index contributed by atoms with van der Waals surface area (Å²) in [5, 5.41) is 15.6. The highest BCUT2D eigenvalue weighted by Gasteiger charge is 2.14. The van der Waals surface area contributed by atoms with Crippen molar-refractivity contribution in [3.63, 3.8) is 0 Å². The van der Waals surface area contributed by atoms with E-state index in [9.17, 15) is 4.79 Å². The van der Waals surface area contributed by atoms with E-state index in [4.69, 9.17) is 21.4 Å². The smallest absolute Gasteiger partial charge is 0.353 e. The molecule has 0 fully saturated rings. The molecule has 0 aliphatic heterocycles. The summed E-state index contributed by atoms with van der Waals surface area (Å²) in [6.45, 7) is 0. The lowest BCUT2D eigenvalue weighted by molar-refractivity contribution is 0.0690. The molecular formula is C11H9ClN2O3. The summed E-state index contributed by atoms with van der Waals surface area (Å²) in [7, 11) is 1.50. The number of aromatic nitrogens is 2. The van der Waals surface area contributed by atoms with Gasteiger partial charge in [-0.3, -0.25) is 5.10 Å². The minimum Gasteiger partial charge on any atom is -0.494 e. The number of hydrogen-bond acceptors (Lipinski definition) is 3. The van der Waals surface area contributed by atoms with Gasteiger partial charge < -0.3 is 9.84 Å². The van der Waals surface area contributed by atoms with Gasteiger partial charge in [0, 0.05) is 5.56 Å². The van der Waals surface area contributed by atoms with Gasteiger partial charge in [0.2, 0.25) is 0 Å². The van der Waals surface area contributed by atoms with E-state index in [0.29, 0.717) is 22.0 Å². The summed E-state index contributed by atoms with van der Waals surface area (Å²) in [6, 6.07) is 6.62. The molecule has 2 aromatic rings. The van der Waals surface area contributed by atoms with Gasteiger partial charge >= 0.3 is 5.97 Å². The van der Waals surface area contributed by atoms with Crippen LogP contribution in [0.4, 0.5) is 0 Å². The second-order valence-electron chi connectivity index (χ2n) is 3.29. The fourth-order valence-corrected chi connectivity index (χ4v) is 1.74. The van der Waals surface area contributed by atoms with Crippen molar-refractivity contribution >= 4 is 17.6 Å². The standard InChI is InChI=1S/C11H9ClN2O3/c1-17-10-6(3-2-4-7(10)12)8-5-9(11(15)16)14-13-8/h2-5H,1H3,(H,13,14)(H,15,16). The Morgan fingerprint density at radius 3 is 2.88 bits per heavy atom. The number of aromatic amines is 1. The molecule has 0 aliphatic rings. The summed E-state index contributed by atoms with van der Waals surface area (Å²) >= 11 is 5.97. The fraction of sp³-hybridized carbons (Fsp3) is 0.0909. The predicted octanol–water partition coefficient (Wildman–Crippen LogP) is 2.44. The molecule has 0 amide bonds. The first-order valence-electron chi connectivity index (χ1n) is 4.75. The van der Waals surface area contributed by atoms with Crippen molar-refractivity contribution in [3.05, 3.63) is 35.0 Å². The lowest BCUT2D eigenvalue weighted by atomic mass is 10.1. The van der Waals surface area contributed by atoms with Gasteiger partial charge in [-0.25, -0.2) is 4.79 Å². The van der Waals surface area contributed by atoms with Crippen molar-refractivity contribution in [2.75, 3.05) is 7.11 Å². The zero-order chi connectivity index (χ0) is 12.4. The number of halogens is 1. The molecular weight excluding hydrogens is 244 g/mol. The molecule has 0 unspecified atom stereocenters. The molecule has 5 nitrogen and oxygen atoms in total. The largest absolute Gasteiger partial charge is 0.494 e. The van der Waals surface area contributed by atoms with E-state index < -0.39 is 5.97 Å². The van der Waals surface area contributed by atoms with Crippen LogP contribution in [0.15, 0.2) is 24.3 Å². The van der Waals surface area contributed by atoms with Gasteiger partial charge in [0.1, 0.15) is 11.4 Å². The highest BCUT2D eigenvalue weighted by atomic mass is 35.5. The molecule has 1 aromatic heterocycles. The molecule has 0 spiro atoms. The first kappa shape index (κ1) is 11.5. The summed E-state index contributed by atoms with van der Waals surface area (Å²) in [5.41, 5.74) is 1.13. The highest BCUT2D eigenvalue weighted by Crippen LogP contribution is 2.35. The topological polar surface area (TPSA) is 75.2 Å². The van der Waals surface area contributed by atoms with Gasteiger partial charge in [0.25, 0.3) is 0 Å². The van der Waals surface area contributed by atoms with Crippen LogP contribution in [-0.4, -0.2) is 28.4 Å². The SMILES string of the molecule is COc1c(Cl)cccc1-c1cc(C(=O)O)[nH]n1. The van der Waals surface area contributed by atoms with Gasteiger partial charge in [0.05, 0.1) is 17.8 Å². The zero-order valence-electron chi connectivity index (χ0n) is 8.90. The number of H-pyrrole nitrogens is 1. The molecule has 88 valence electrons. The number of methoxy groups -OCH3 is 1. The molecule has 1 aromatic carbocycles. The Bertz CT molecular complexity index is 566. The molecule has 0 saturated carbocycles. The summed E-state index contributed by atoms with van der Waals surface area (Å²) in [6.07, 6.45) is 0. The van der Waals surface area contributed by atoms with Crippen molar-refractivity contribution in [1.82, 2.24) is 10.2 Å². The molecule has 0 radical (unpaired) electrons. The van der Waals surface area contributed by atoms with Crippen LogP contribution in [0.1, 0.15) is 10.5 Å². The maximum Gasteiger partial charge on any atom is 0.353 e. The third kappa shape index (κ3) is 2.09. The van der Waals surface area contributed by atoms with Crippen LogP contribution >= 0.6 is 11.6 Å². The van der Waals surface area contributed by atoms with E-state index in [0.717, 1.165) is 0 Å². The molecule has 0 atom stereocenters. The number of aromatic carboxylic acids is 1. The molecule has 2 N–H and O–H groups in total. The highest BCUT2D eigenvalue weighted by molar-refractivity contribution is 6.32. The minimum atomic E-state index is -1.07. The van der Waals surface area contributed by atoms with Crippen molar-refractivity contribution in [2.24, 2.45) is 0 Å². The van der Waals surface area contributed by atoms with E-state index in [-0.39, 0.29) is 5.69 Å². The first-order chi connectivity index (χ1) is 8.13. The van der Waals surface area contributed by atoms with E-state index in [1.165, 1.54) is 13.2 Å². The number of rotatable bonds is 3. The van der Waals surface area contributed by atoms with Gasteiger partial charge in [-0.2, -0.15) is 5.10 Å². The van der Waals surface area contributed by atoms with Crippen molar-refractivity contribution in [3.8, 4) is 17.0 Å². The zero-order valence-corrected chi connectivity index (χ0v) is 9.65. The number of para-hydroxylation sites is 1. The monoisotopic (exact) mass is 252 g/mol. The molecule has 0 saturated heterocycles. The van der Waals surface area contributed by atoms with E-state index in [1.54, 1.807) is 18.2 Å². The van der Waals surface area contributed by atoms with Crippen molar-refractivity contribution in [2.45, 2.75) is 0 Å².